The Morgan fingerprint density at radius 2 is 2.25 bits per heavy atom. The molecule has 1 aromatic rings. The molecule has 2 nitrogen and oxygen atoms in total. The van der Waals surface area contributed by atoms with E-state index < -0.39 is 0 Å². The van der Waals surface area contributed by atoms with Crippen molar-refractivity contribution in [2.75, 3.05) is 0 Å². The van der Waals surface area contributed by atoms with E-state index in [1.165, 1.54) is 0 Å². The van der Waals surface area contributed by atoms with Crippen LogP contribution in [0.3, 0.4) is 0 Å². The number of hydrogen-bond acceptors (Lipinski definition) is 1. The van der Waals surface area contributed by atoms with Crippen molar-refractivity contribution in [3.05, 3.63) is 43.0 Å². The van der Waals surface area contributed by atoms with Gasteiger partial charge in [0, 0.05) is 18.1 Å². The van der Waals surface area contributed by atoms with Crippen LogP contribution in [0.5, 0.6) is 0 Å². The van der Waals surface area contributed by atoms with E-state index in [-0.39, 0.29) is 0 Å². The van der Waals surface area contributed by atoms with Crippen molar-refractivity contribution in [3.8, 4) is 0 Å². The lowest BCUT2D eigenvalue weighted by Crippen LogP contribution is -1.91. The Morgan fingerprint density at radius 3 is 2.83 bits per heavy atom. The first kappa shape index (κ1) is 8.53. The molecule has 1 aromatic heterocycles. The molecule has 0 saturated heterocycles. The summed E-state index contributed by atoms with van der Waals surface area (Å²) < 4.78 is 1.95. The Hall–Kier alpha value is -1.57. The summed E-state index contributed by atoms with van der Waals surface area (Å²) in [5, 5.41) is 0. The zero-order valence-electron chi connectivity index (χ0n) is 7.20. The molecule has 0 bridgehead atoms. The van der Waals surface area contributed by atoms with Crippen LogP contribution in [0, 0.1) is 6.92 Å². The van der Waals surface area contributed by atoms with Gasteiger partial charge in [0.1, 0.15) is 5.82 Å². The number of aryl methyl sites for hydroxylation is 1. The fourth-order valence-electron chi connectivity index (χ4n) is 0.957. The molecule has 0 amide bonds. The third-order valence-corrected chi connectivity index (χ3v) is 1.56. The first-order chi connectivity index (χ1) is 5.79. The van der Waals surface area contributed by atoms with Crippen molar-refractivity contribution in [2.24, 2.45) is 0 Å². The normalized spacial score (nSPS) is 10.4. The van der Waals surface area contributed by atoms with Crippen molar-refractivity contribution < 1.29 is 0 Å². The third kappa shape index (κ3) is 1.53. The topological polar surface area (TPSA) is 17.8 Å². The minimum absolute atomic E-state index is 0.852. The average molecular weight is 160 g/mol. The van der Waals surface area contributed by atoms with Crippen molar-refractivity contribution in [3.63, 3.8) is 0 Å². The van der Waals surface area contributed by atoms with E-state index in [2.05, 4.69) is 18.1 Å². The smallest absolute Gasteiger partial charge is 0.136 e. The maximum absolute atomic E-state index is 4.15. The Morgan fingerprint density at radius 1 is 1.50 bits per heavy atom. The van der Waals surface area contributed by atoms with Crippen molar-refractivity contribution >= 4 is 12.3 Å². The predicted octanol–water partition coefficient (Wildman–Crippen LogP) is 2.49. The van der Waals surface area contributed by atoms with Gasteiger partial charge in [0.25, 0.3) is 0 Å². The molecule has 0 N–H and O–H groups in total. The van der Waals surface area contributed by atoms with Crippen LogP contribution in [0.15, 0.2) is 31.5 Å². The van der Waals surface area contributed by atoms with E-state index in [1.807, 2.05) is 30.0 Å². The molecule has 0 aliphatic heterocycles. The average Bonchev–Trinajstić information content (AvgIpc) is 2.43. The zero-order valence-corrected chi connectivity index (χ0v) is 7.20. The van der Waals surface area contributed by atoms with Gasteiger partial charge in [-0.25, -0.2) is 4.98 Å². The predicted molar refractivity (Wildman–Crippen MR) is 52.6 cm³/mol. The van der Waals surface area contributed by atoms with Gasteiger partial charge in [0.2, 0.25) is 0 Å². The molecule has 0 saturated carbocycles. The fraction of sp³-hybridized carbons (Fsp3) is 0.100. The molecule has 1 rings (SSSR count). The molecule has 0 atom stereocenters. The fourth-order valence-corrected chi connectivity index (χ4v) is 0.957. The van der Waals surface area contributed by atoms with Gasteiger partial charge in [-0.1, -0.05) is 19.2 Å². The standard InChI is InChI=1S/C10H12N2/c1-4-6-7-12-9(3)8-11-10(12)5-2/h4-8H,1-2H2,3H3. The Balaban J connectivity index is 3.09. The van der Waals surface area contributed by atoms with E-state index >= 15 is 0 Å². The molecule has 0 radical (unpaired) electrons. The summed E-state index contributed by atoms with van der Waals surface area (Å²) in [6.07, 6.45) is 9.03. The van der Waals surface area contributed by atoms with Crippen LogP contribution in [0.4, 0.5) is 0 Å². The molecule has 0 aliphatic rings. The highest BCUT2D eigenvalue weighted by molar-refractivity contribution is 5.45. The van der Waals surface area contributed by atoms with Gasteiger partial charge in [-0.3, -0.25) is 0 Å². The Bertz CT molecular complexity index is 319. The number of imidazole rings is 1. The van der Waals surface area contributed by atoms with Gasteiger partial charge in [-0.05, 0) is 19.1 Å². The highest BCUT2D eigenvalue weighted by Gasteiger charge is 1.98. The lowest BCUT2D eigenvalue weighted by Gasteiger charge is -1.98. The van der Waals surface area contributed by atoms with E-state index in [9.17, 15) is 0 Å². The first-order valence-corrected chi connectivity index (χ1v) is 3.75. The van der Waals surface area contributed by atoms with Crippen LogP contribution in [0.25, 0.3) is 12.3 Å². The number of nitrogens with zero attached hydrogens (tertiary/aromatic N) is 2. The molecule has 0 spiro atoms. The molecule has 0 aliphatic carbocycles. The molecule has 1 heterocycles. The van der Waals surface area contributed by atoms with E-state index in [1.54, 1.807) is 12.2 Å². The van der Waals surface area contributed by atoms with Crippen molar-refractivity contribution in [1.82, 2.24) is 9.55 Å². The van der Waals surface area contributed by atoms with Crippen LogP contribution in [-0.2, 0) is 0 Å². The monoisotopic (exact) mass is 160 g/mol. The van der Waals surface area contributed by atoms with E-state index in [4.69, 9.17) is 0 Å². The molecule has 12 heavy (non-hydrogen) atoms. The second kappa shape index (κ2) is 3.72. The lowest BCUT2D eigenvalue weighted by molar-refractivity contribution is 1.05. The summed E-state index contributed by atoms with van der Waals surface area (Å²) in [5.74, 6) is 0.852. The summed E-state index contributed by atoms with van der Waals surface area (Å²) in [5.41, 5.74) is 1.09. The SMILES string of the molecule is C=CC=Cn1c(C)cnc1C=C. The van der Waals surface area contributed by atoms with Gasteiger partial charge in [0.05, 0.1) is 0 Å². The molecular weight excluding hydrogens is 148 g/mol. The van der Waals surface area contributed by atoms with Gasteiger partial charge >= 0.3 is 0 Å². The maximum atomic E-state index is 4.15. The molecule has 0 unspecified atom stereocenters. The Labute approximate surface area is 72.6 Å². The largest absolute Gasteiger partial charge is 0.304 e. The second-order valence-corrected chi connectivity index (χ2v) is 2.41. The minimum atomic E-state index is 0.852. The number of rotatable bonds is 3. The summed E-state index contributed by atoms with van der Waals surface area (Å²) in [7, 11) is 0. The van der Waals surface area contributed by atoms with Crippen LogP contribution < -0.4 is 0 Å². The van der Waals surface area contributed by atoms with Crippen LogP contribution in [-0.4, -0.2) is 9.55 Å². The highest BCUT2D eigenvalue weighted by Crippen LogP contribution is 2.05. The molecular formula is C10H12N2. The summed E-state index contributed by atoms with van der Waals surface area (Å²) in [6, 6.07) is 0. The molecule has 62 valence electrons. The Kier molecular flexibility index (Phi) is 2.64. The van der Waals surface area contributed by atoms with Crippen LogP contribution in [0.1, 0.15) is 11.5 Å². The van der Waals surface area contributed by atoms with Gasteiger partial charge in [-0.15, -0.1) is 0 Å². The van der Waals surface area contributed by atoms with Crippen LogP contribution >= 0.6 is 0 Å². The second-order valence-electron chi connectivity index (χ2n) is 2.41. The summed E-state index contributed by atoms with van der Waals surface area (Å²) in [6.45, 7) is 9.26. The van der Waals surface area contributed by atoms with Gasteiger partial charge in [0.15, 0.2) is 0 Å². The number of allylic oxidation sites excluding steroid dienone is 2. The highest BCUT2D eigenvalue weighted by atomic mass is 15.1. The molecule has 0 fully saturated rings. The minimum Gasteiger partial charge on any atom is -0.304 e. The van der Waals surface area contributed by atoms with E-state index in [0.29, 0.717) is 0 Å². The van der Waals surface area contributed by atoms with E-state index in [0.717, 1.165) is 11.5 Å². The summed E-state index contributed by atoms with van der Waals surface area (Å²) >= 11 is 0. The summed E-state index contributed by atoms with van der Waals surface area (Å²) in [4.78, 5) is 4.15. The van der Waals surface area contributed by atoms with Gasteiger partial charge < -0.3 is 4.57 Å². The van der Waals surface area contributed by atoms with Crippen LogP contribution in [0.2, 0.25) is 0 Å². The maximum Gasteiger partial charge on any atom is 0.136 e. The van der Waals surface area contributed by atoms with Gasteiger partial charge in [-0.2, -0.15) is 0 Å². The quantitative estimate of drug-likeness (QED) is 0.621. The molecule has 0 aromatic carbocycles. The lowest BCUT2D eigenvalue weighted by atomic mass is 10.5. The molecule has 2 heteroatoms. The van der Waals surface area contributed by atoms with Crippen molar-refractivity contribution in [1.29, 1.82) is 0 Å². The number of aromatic nitrogens is 2. The first-order valence-electron chi connectivity index (χ1n) is 3.75. The number of hydrogen-bond donors (Lipinski definition) is 0. The zero-order chi connectivity index (χ0) is 8.97. The third-order valence-electron chi connectivity index (χ3n) is 1.56. The van der Waals surface area contributed by atoms with Crippen molar-refractivity contribution in [2.45, 2.75) is 6.92 Å².